The van der Waals surface area contributed by atoms with Gasteiger partial charge in [0.15, 0.2) is 0 Å². The van der Waals surface area contributed by atoms with Gasteiger partial charge >= 0.3 is 0 Å². The largest absolute Gasteiger partial charge is 0.396 e. The molecule has 1 aromatic heterocycles. The molecule has 2 N–H and O–H groups in total. The van der Waals surface area contributed by atoms with E-state index in [-0.39, 0.29) is 6.61 Å². The summed E-state index contributed by atoms with van der Waals surface area (Å²) in [5, 5.41) is 12.8. The van der Waals surface area contributed by atoms with Gasteiger partial charge in [-0.3, -0.25) is 0 Å². The molecule has 1 unspecified atom stereocenters. The van der Waals surface area contributed by atoms with E-state index in [0.717, 1.165) is 31.6 Å². The zero-order valence-corrected chi connectivity index (χ0v) is 10.4. The van der Waals surface area contributed by atoms with E-state index < -0.39 is 0 Å². The van der Waals surface area contributed by atoms with Crippen molar-refractivity contribution in [3.8, 4) is 0 Å². The van der Waals surface area contributed by atoms with Crippen molar-refractivity contribution in [2.75, 3.05) is 18.5 Å². The Labute approximate surface area is 102 Å². The van der Waals surface area contributed by atoms with Crippen LogP contribution in [-0.4, -0.2) is 23.2 Å². The Morgan fingerprint density at radius 1 is 1.50 bits per heavy atom. The van der Waals surface area contributed by atoms with Gasteiger partial charge < -0.3 is 10.4 Å². The van der Waals surface area contributed by atoms with Crippen molar-refractivity contribution in [3.05, 3.63) is 23.4 Å². The molecule has 4 heteroatoms. The highest BCUT2D eigenvalue weighted by atomic mass is 35.5. The summed E-state index contributed by atoms with van der Waals surface area (Å²) in [6.07, 6.45) is 4.78. The zero-order valence-electron chi connectivity index (χ0n) is 9.62. The number of nitrogens with zero attached hydrogens (tertiary/aromatic N) is 1. The van der Waals surface area contributed by atoms with Crippen LogP contribution in [0.4, 0.5) is 5.82 Å². The van der Waals surface area contributed by atoms with Crippen LogP contribution in [0.2, 0.25) is 5.02 Å². The molecule has 16 heavy (non-hydrogen) atoms. The number of aromatic nitrogens is 1. The molecular weight excluding hydrogens is 224 g/mol. The highest BCUT2D eigenvalue weighted by Gasteiger charge is 2.08. The van der Waals surface area contributed by atoms with Crippen LogP contribution in [0.25, 0.3) is 0 Å². The molecule has 0 saturated heterocycles. The molecule has 0 aliphatic carbocycles. The Morgan fingerprint density at radius 3 is 2.94 bits per heavy atom. The molecule has 0 fully saturated rings. The van der Waals surface area contributed by atoms with Crippen LogP contribution in [0.15, 0.2) is 18.3 Å². The third-order valence-corrected chi connectivity index (χ3v) is 2.86. The second-order valence-corrected chi connectivity index (χ2v) is 4.29. The molecule has 0 aliphatic rings. The third kappa shape index (κ3) is 4.37. The minimum absolute atomic E-state index is 0.238. The van der Waals surface area contributed by atoms with Gasteiger partial charge in [-0.1, -0.05) is 24.9 Å². The van der Waals surface area contributed by atoms with E-state index in [9.17, 15) is 0 Å². The van der Waals surface area contributed by atoms with E-state index in [1.165, 1.54) is 0 Å². The Morgan fingerprint density at radius 2 is 2.31 bits per heavy atom. The van der Waals surface area contributed by atoms with Crippen molar-refractivity contribution in [2.45, 2.75) is 26.2 Å². The highest BCUT2D eigenvalue weighted by Crippen LogP contribution is 2.19. The van der Waals surface area contributed by atoms with Crippen LogP contribution in [-0.2, 0) is 0 Å². The molecule has 1 rings (SSSR count). The SMILES string of the molecule is CCCC(CCO)CNc1ncccc1Cl. The molecule has 0 bridgehead atoms. The summed E-state index contributed by atoms with van der Waals surface area (Å²) < 4.78 is 0. The Kier molecular flexibility index (Phi) is 6.19. The van der Waals surface area contributed by atoms with Gasteiger partial charge in [0.1, 0.15) is 5.82 Å². The number of rotatable bonds is 7. The van der Waals surface area contributed by atoms with Gasteiger partial charge in [0, 0.05) is 19.3 Å². The number of anilines is 1. The summed E-state index contributed by atoms with van der Waals surface area (Å²) in [7, 11) is 0. The maximum atomic E-state index is 8.95. The molecule has 0 saturated carbocycles. The van der Waals surface area contributed by atoms with Gasteiger partial charge in [-0.15, -0.1) is 0 Å². The van der Waals surface area contributed by atoms with Gasteiger partial charge in [0.2, 0.25) is 0 Å². The highest BCUT2D eigenvalue weighted by molar-refractivity contribution is 6.32. The molecule has 0 aliphatic heterocycles. The van der Waals surface area contributed by atoms with E-state index in [1.807, 2.05) is 12.1 Å². The van der Waals surface area contributed by atoms with Crippen molar-refractivity contribution >= 4 is 17.4 Å². The monoisotopic (exact) mass is 242 g/mol. The van der Waals surface area contributed by atoms with Crippen LogP contribution < -0.4 is 5.32 Å². The van der Waals surface area contributed by atoms with Gasteiger partial charge in [-0.05, 0) is 30.9 Å². The summed E-state index contributed by atoms with van der Waals surface area (Å²) in [6.45, 7) is 3.20. The Balaban J connectivity index is 2.45. The molecule has 0 amide bonds. The number of pyridine rings is 1. The first-order valence-corrected chi connectivity index (χ1v) is 6.11. The number of nitrogens with one attached hydrogen (secondary N) is 1. The number of hydrogen-bond acceptors (Lipinski definition) is 3. The van der Waals surface area contributed by atoms with Gasteiger partial charge in [0.25, 0.3) is 0 Å². The average Bonchev–Trinajstić information content (AvgIpc) is 2.28. The van der Waals surface area contributed by atoms with Gasteiger partial charge in [0.05, 0.1) is 5.02 Å². The van der Waals surface area contributed by atoms with Crippen LogP contribution >= 0.6 is 11.6 Å². The molecule has 0 radical (unpaired) electrons. The molecular formula is C12H19ClN2O. The van der Waals surface area contributed by atoms with E-state index in [1.54, 1.807) is 6.20 Å². The first-order chi connectivity index (χ1) is 7.77. The van der Waals surface area contributed by atoms with Crippen LogP contribution in [0.3, 0.4) is 0 Å². The number of aliphatic hydroxyl groups is 1. The van der Waals surface area contributed by atoms with Crippen molar-refractivity contribution in [2.24, 2.45) is 5.92 Å². The maximum absolute atomic E-state index is 8.95. The molecule has 1 aromatic rings. The quantitative estimate of drug-likeness (QED) is 0.773. The normalized spacial score (nSPS) is 12.4. The third-order valence-electron chi connectivity index (χ3n) is 2.55. The lowest BCUT2D eigenvalue weighted by Gasteiger charge is -2.16. The second kappa shape index (κ2) is 7.47. The first-order valence-electron chi connectivity index (χ1n) is 5.73. The number of hydrogen-bond donors (Lipinski definition) is 2. The molecule has 0 spiro atoms. The lowest BCUT2D eigenvalue weighted by Crippen LogP contribution is -2.16. The summed E-state index contributed by atoms with van der Waals surface area (Å²) in [5.41, 5.74) is 0. The predicted octanol–water partition coefficient (Wildman–Crippen LogP) is 2.95. The number of halogens is 1. The lowest BCUT2D eigenvalue weighted by molar-refractivity contribution is 0.255. The lowest BCUT2D eigenvalue weighted by atomic mass is 10.0. The topological polar surface area (TPSA) is 45.1 Å². The van der Waals surface area contributed by atoms with Crippen molar-refractivity contribution in [3.63, 3.8) is 0 Å². The average molecular weight is 243 g/mol. The Bertz CT molecular complexity index is 301. The maximum Gasteiger partial charge on any atom is 0.144 e. The Hall–Kier alpha value is -0.800. The van der Waals surface area contributed by atoms with Crippen LogP contribution in [0.5, 0.6) is 0 Å². The molecule has 1 heterocycles. The van der Waals surface area contributed by atoms with E-state index in [2.05, 4.69) is 17.2 Å². The van der Waals surface area contributed by atoms with E-state index in [4.69, 9.17) is 16.7 Å². The van der Waals surface area contributed by atoms with Gasteiger partial charge in [-0.25, -0.2) is 4.98 Å². The minimum Gasteiger partial charge on any atom is -0.396 e. The molecule has 3 nitrogen and oxygen atoms in total. The van der Waals surface area contributed by atoms with Crippen LogP contribution in [0, 0.1) is 5.92 Å². The predicted molar refractivity (Wildman–Crippen MR) is 67.8 cm³/mol. The van der Waals surface area contributed by atoms with Crippen LogP contribution in [0.1, 0.15) is 26.2 Å². The fraction of sp³-hybridized carbons (Fsp3) is 0.583. The van der Waals surface area contributed by atoms with Crippen molar-refractivity contribution in [1.82, 2.24) is 4.98 Å². The van der Waals surface area contributed by atoms with Crippen molar-refractivity contribution in [1.29, 1.82) is 0 Å². The number of aliphatic hydroxyl groups excluding tert-OH is 1. The molecule has 90 valence electrons. The summed E-state index contributed by atoms with van der Waals surface area (Å²) in [5.74, 6) is 1.20. The standard InChI is InChI=1S/C12H19ClN2O/c1-2-4-10(6-8-16)9-15-12-11(13)5-3-7-14-12/h3,5,7,10,16H,2,4,6,8-9H2,1H3,(H,14,15). The zero-order chi connectivity index (χ0) is 11.8. The minimum atomic E-state index is 0.238. The first kappa shape index (κ1) is 13.3. The van der Waals surface area contributed by atoms with Crippen molar-refractivity contribution < 1.29 is 5.11 Å². The fourth-order valence-electron chi connectivity index (χ4n) is 1.70. The van der Waals surface area contributed by atoms with E-state index in [0.29, 0.717) is 10.9 Å². The molecule has 0 aromatic carbocycles. The fourth-order valence-corrected chi connectivity index (χ4v) is 1.88. The summed E-state index contributed by atoms with van der Waals surface area (Å²) in [4.78, 5) is 4.16. The smallest absolute Gasteiger partial charge is 0.144 e. The summed E-state index contributed by atoms with van der Waals surface area (Å²) in [6, 6.07) is 3.63. The summed E-state index contributed by atoms with van der Waals surface area (Å²) >= 11 is 5.99. The second-order valence-electron chi connectivity index (χ2n) is 3.88. The van der Waals surface area contributed by atoms with E-state index >= 15 is 0 Å². The van der Waals surface area contributed by atoms with Gasteiger partial charge in [-0.2, -0.15) is 0 Å². The molecule has 1 atom stereocenters.